The number of nitrogens with zero attached hydrogens (tertiary/aromatic N) is 3. The van der Waals surface area contributed by atoms with Crippen molar-refractivity contribution in [3.8, 4) is 17.1 Å². The third kappa shape index (κ3) is 5.46. The minimum atomic E-state index is -4.05. The van der Waals surface area contributed by atoms with Gasteiger partial charge in [-0.05, 0) is 37.8 Å². The fourth-order valence-electron chi connectivity index (χ4n) is 4.39. The molecule has 4 rings (SSSR count). The quantitative estimate of drug-likeness (QED) is 0.333. The van der Waals surface area contributed by atoms with Crippen LogP contribution in [0.15, 0.2) is 24.5 Å². The molecule has 1 fully saturated rings. The van der Waals surface area contributed by atoms with E-state index in [1.807, 2.05) is 19.1 Å². The molecule has 0 amide bonds. The Morgan fingerprint density at radius 1 is 1.26 bits per heavy atom. The molecule has 3 atom stereocenters. The van der Waals surface area contributed by atoms with Crippen LogP contribution >= 0.6 is 0 Å². The lowest BCUT2D eigenvalue weighted by Gasteiger charge is -2.14. The van der Waals surface area contributed by atoms with Crippen molar-refractivity contribution in [1.29, 1.82) is 0 Å². The van der Waals surface area contributed by atoms with E-state index < -0.39 is 16.4 Å². The predicted molar refractivity (Wildman–Crippen MR) is 127 cm³/mol. The molecule has 0 saturated heterocycles. The zero-order valence-electron chi connectivity index (χ0n) is 19.2. The number of aliphatic hydroxyl groups excluding tert-OH is 1. The Morgan fingerprint density at radius 3 is 2.82 bits per heavy atom. The number of aromatic amines is 1. The zero-order valence-corrected chi connectivity index (χ0v) is 20.0. The predicted octanol–water partition coefficient (Wildman–Crippen LogP) is 2.14. The third-order valence-corrected chi connectivity index (χ3v) is 6.36. The molecule has 12 heteroatoms. The van der Waals surface area contributed by atoms with Crippen LogP contribution in [0.25, 0.3) is 22.6 Å². The van der Waals surface area contributed by atoms with Gasteiger partial charge < -0.3 is 20.1 Å². The van der Waals surface area contributed by atoms with Crippen molar-refractivity contribution in [2.75, 3.05) is 18.5 Å². The SMILES string of the molecule is CCCc1cccc(-c2nc3ncnc(N[C@@H]4C[C@@H](COS(N)(=O)=O)[C@@H](O)C4)c3[nH]2)c1OCC. The average Bonchev–Trinajstić information content (AvgIpc) is 3.37. The van der Waals surface area contributed by atoms with Gasteiger partial charge in [0.2, 0.25) is 0 Å². The summed E-state index contributed by atoms with van der Waals surface area (Å²) in [5, 5.41) is 18.6. The number of anilines is 1. The van der Waals surface area contributed by atoms with Gasteiger partial charge in [-0.25, -0.2) is 20.1 Å². The largest absolute Gasteiger partial charge is 0.493 e. The van der Waals surface area contributed by atoms with E-state index in [4.69, 9.17) is 9.88 Å². The second-order valence-electron chi connectivity index (χ2n) is 8.40. The van der Waals surface area contributed by atoms with Gasteiger partial charge in [-0.1, -0.05) is 25.5 Å². The van der Waals surface area contributed by atoms with Gasteiger partial charge in [0.15, 0.2) is 11.5 Å². The maximum absolute atomic E-state index is 11.1. The molecule has 0 unspecified atom stereocenters. The zero-order chi connectivity index (χ0) is 24.3. The number of hydrogen-bond acceptors (Lipinski definition) is 9. The van der Waals surface area contributed by atoms with Crippen molar-refractivity contribution in [1.82, 2.24) is 19.9 Å². The maximum atomic E-state index is 11.1. The topological polar surface area (TPSA) is 165 Å². The van der Waals surface area contributed by atoms with Crippen molar-refractivity contribution >= 4 is 27.3 Å². The lowest BCUT2D eigenvalue weighted by molar-refractivity contribution is 0.101. The summed E-state index contributed by atoms with van der Waals surface area (Å²) in [5.41, 5.74) is 3.12. The fourth-order valence-corrected chi connectivity index (χ4v) is 4.76. The molecule has 184 valence electrons. The number of aromatic nitrogens is 4. The first-order valence-electron chi connectivity index (χ1n) is 11.4. The van der Waals surface area contributed by atoms with E-state index in [1.54, 1.807) is 0 Å². The van der Waals surface area contributed by atoms with Crippen molar-refractivity contribution < 1.29 is 22.4 Å². The number of ether oxygens (including phenoxy) is 1. The standard InChI is InChI=1S/C22H30N6O5S/c1-3-6-13-7-5-8-16(19(13)32-4-2)20-27-18-21(24-12-25-22(18)28-20)26-15-9-14(17(29)10-15)11-33-34(23,30)31/h5,7-8,12,14-15,17,29H,3-4,6,9-11H2,1-2H3,(H2,23,30,31)(H2,24,25,26,27,28)/t14-,15+,17-/m0/s1. The van der Waals surface area contributed by atoms with Crippen LogP contribution in [0.5, 0.6) is 5.75 Å². The number of H-pyrrole nitrogens is 1. The second kappa shape index (κ2) is 10.2. The van der Waals surface area contributed by atoms with Gasteiger partial charge in [0.25, 0.3) is 0 Å². The van der Waals surface area contributed by atoms with E-state index in [0.717, 1.165) is 29.7 Å². The fraction of sp³-hybridized carbons (Fsp3) is 0.500. The van der Waals surface area contributed by atoms with Crippen molar-refractivity contribution in [3.63, 3.8) is 0 Å². The van der Waals surface area contributed by atoms with Gasteiger partial charge in [0.05, 0.1) is 24.9 Å². The molecule has 34 heavy (non-hydrogen) atoms. The Morgan fingerprint density at radius 2 is 2.09 bits per heavy atom. The van der Waals surface area contributed by atoms with E-state index >= 15 is 0 Å². The van der Waals surface area contributed by atoms with Crippen LogP contribution in [-0.2, 0) is 20.9 Å². The number of fused-ring (bicyclic) bond motifs is 1. The highest BCUT2D eigenvalue weighted by atomic mass is 32.2. The number of aliphatic hydroxyl groups is 1. The van der Waals surface area contributed by atoms with Crippen molar-refractivity contribution in [2.24, 2.45) is 11.1 Å². The highest BCUT2D eigenvalue weighted by Gasteiger charge is 2.34. The third-order valence-electron chi connectivity index (χ3n) is 5.89. The Bertz CT molecular complexity index is 1250. The molecule has 0 radical (unpaired) electrons. The molecule has 0 aliphatic heterocycles. The Balaban J connectivity index is 1.59. The Kier molecular flexibility index (Phi) is 7.31. The molecule has 1 aliphatic carbocycles. The second-order valence-corrected chi connectivity index (χ2v) is 9.62. The number of nitrogens with one attached hydrogen (secondary N) is 2. The molecule has 1 aromatic carbocycles. The smallest absolute Gasteiger partial charge is 0.333 e. The molecule has 2 heterocycles. The van der Waals surface area contributed by atoms with Crippen LogP contribution < -0.4 is 15.2 Å². The molecule has 2 aromatic heterocycles. The number of imidazole rings is 1. The molecule has 0 bridgehead atoms. The summed E-state index contributed by atoms with van der Waals surface area (Å²) in [4.78, 5) is 16.7. The van der Waals surface area contributed by atoms with E-state index in [9.17, 15) is 13.5 Å². The molecule has 0 spiro atoms. The lowest BCUT2D eigenvalue weighted by atomic mass is 10.0. The minimum Gasteiger partial charge on any atom is -0.493 e. The summed E-state index contributed by atoms with van der Waals surface area (Å²) >= 11 is 0. The summed E-state index contributed by atoms with van der Waals surface area (Å²) in [6.07, 6.45) is 3.52. The summed E-state index contributed by atoms with van der Waals surface area (Å²) in [7, 11) is -4.05. The number of aryl methyl sites for hydroxylation is 1. The number of rotatable bonds is 10. The summed E-state index contributed by atoms with van der Waals surface area (Å²) in [6.45, 7) is 4.46. The molecule has 5 N–H and O–H groups in total. The van der Waals surface area contributed by atoms with Gasteiger partial charge in [-0.15, -0.1) is 0 Å². The van der Waals surface area contributed by atoms with Crippen molar-refractivity contribution in [3.05, 3.63) is 30.1 Å². The maximum Gasteiger partial charge on any atom is 0.333 e. The number of para-hydroxylation sites is 1. The van der Waals surface area contributed by atoms with Crippen LogP contribution in [-0.4, -0.2) is 58.8 Å². The van der Waals surface area contributed by atoms with Crippen LogP contribution in [0.4, 0.5) is 5.82 Å². The summed E-state index contributed by atoms with van der Waals surface area (Å²) in [5.74, 6) is 1.63. The molecule has 1 saturated carbocycles. The normalized spacial score (nSPS) is 20.6. The van der Waals surface area contributed by atoms with E-state index in [0.29, 0.717) is 42.3 Å². The van der Waals surface area contributed by atoms with Gasteiger partial charge in [0, 0.05) is 12.0 Å². The van der Waals surface area contributed by atoms with Crippen LogP contribution in [0.3, 0.4) is 0 Å². The monoisotopic (exact) mass is 490 g/mol. The number of benzene rings is 1. The summed E-state index contributed by atoms with van der Waals surface area (Å²) < 4.78 is 32.8. The van der Waals surface area contributed by atoms with Crippen LogP contribution in [0, 0.1) is 5.92 Å². The molecular weight excluding hydrogens is 460 g/mol. The molecule has 11 nitrogen and oxygen atoms in total. The number of nitrogens with two attached hydrogens (primary N) is 1. The van der Waals surface area contributed by atoms with E-state index in [1.165, 1.54) is 6.33 Å². The first kappa shape index (κ1) is 24.3. The number of hydrogen-bond donors (Lipinski definition) is 4. The Labute approximate surface area is 198 Å². The lowest BCUT2D eigenvalue weighted by Crippen LogP contribution is -2.24. The van der Waals surface area contributed by atoms with Gasteiger partial charge in [-0.2, -0.15) is 8.42 Å². The van der Waals surface area contributed by atoms with E-state index in [2.05, 4.69) is 42.4 Å². The highest BCUT2D eigenvalue weighted by Crippen LogP contribution is 2.35. The first-order chi connectivity index (χ1) is 16.3. The summed E-state index contributed by atoms with van der Waals surface area (Å²) in [6, 6.07) is 5.88. The van der Waals surface area contributed by atoms with E-state index in [-0.39, 0.29) is 18.6 Å². The Hall–Kier alpha value is -2.80. The van der Waals surface area contributed by atoms with Gasteiger partial charge in [-0.3, -0.25) is 4.18 Å². The van der Waals surface area contributed by atoms with Crippen LogP contribution in [0.1, 0.15) is 38.7 Å². The first-order valence-corrected chi connectivity index (χ1v) is 12.8. The van der Waals surface area contributed by atoms with Gasteiger partial charge >= 0.3 is 10.3 Å². The average molecular weight is 491 g/mol. The van der Waals surface area contributed by atoms with Crippen LogP contribution in [0.2, 0.25) is 0 Å². The minimum absolute atomic E-state index is 0.138. The molecule has 1 aliphatic rings. The molecule has 3 aromatic rings. The van der Waals surface area contributed by atoms with Crippen molar-refractivity contribution in [2.45, 2.75) is 51.7 Å². The van der Waals surface area contributed by atoms with Gasteiger partial charge in [0.1, 0.15) is 23.4 Å². The highest BCUT2D eigenvalue weighted by molar-refractivity contribution is 7.84. The molecular formula is C22H30N6O5S.